The number of rotatable bonds is 1. The van der Waals surface area contributed by atoms with E-state index in [2.05, 4.69) is 4.98 Å². The van der Waals surface area contributed by atoms with E-state index >= 15 is 0 Å². The summed E-state index contributed by atoms with van der Waals surface area (Å²) in [7, 11) is 0. The predicted octanol–water partition coefficient (Wildman–Crippen LogP) is 2.19. The van der Waals surface area contributed by atoms with Gasteiger partial charge in [-0.2, -0.15) is 0 Å². The molecule has 5 heteroatoms. The Morgan fingerprint density at radius 3 is 2.79 bits per heavy atom. The van der Waals surface area contributed by atoms with Gasteiger partial charge in [0.15, 0.2) is 6.29 Å². The van der Waals surface area contributed by atoms with Gasteiger partial charge >= 0.3 is 6.09 Å². The van der Waals surface area contributed by atoms with Crippen LogP contribution in [0.3, 0.4) is 0 Å². The molecular formula is C14H18N2O3. The Morgan fingerprint density at radius 1 is 1.42 bits per heavy atom. The molecule has 0 bridgehead atoms. The van der Waals surface area contributed by atoms with Crippen molar-refractivity contribution in [2.45, 2.75) is 39.3 Å². The Bertz CT molecular complexity index is 506. The summed E-state index contributed by atoms with van der Waals surface area (Å²) in [6.45, 7) is 6.53. The number of pyridine rings is 1. The minimum atomic E-state index is -0.500. The molecule has 0 spiro atoms. The lowest BCUT2D eigenvalue weighted by atomic mass is 9.98. The lowest BCUT2D eigenvalue weighted by Gasteiger charge is -2.31. The zero-order valence-corrected chi connectivity index (χ0v) is 11.5. The first-order valence-corrected chi connectivity index (χ1v) is 6.29. The molecule has 0 aliphatic carbocycles. The van der Waals surface area contributed by atoms with Gasteiger partial charge in [0, 0.05) is 24.5 Å². The van der Waals surface area contributed by atoms with Gasteiger partial charge in [-0.15, -0.1) is 0 Å². The Morgan fingerprint density at radius 2 is 2.16 bits per heavy atom. The number of carbonyl (C=O) groups is 2. The zero-order valence-electron chi connectivity index (χ0n) is 11.5. The first-order chi connectivity index (χ1) is 8.90. The highest BCUT2D eigenvalue weighted by atomic mass is 16.6. The van der Waals surface area contributed by atoms with Crippen LogP contribution < -0.4 is 0 Å². The molecule has 2 rings (SSSR count). The van der Waals surface area contributed by atoms with Crippen molar-refractivity contribution in [3.8, 4) is 0 Å². The van der Waals surface area contributed by atoms with Crippen LogP contribution in [-0.4, -0.2) is 34.4 Å². The largest absolute Gasteiger partial charge is 0.444 e. The standard InChI is InChI=1S/C14H18N2O3/c1-14(2,3)19-13(18)16-5-4-12-10(8-16)6-15-7-11(12)9-17/h6-7,9H,4-5,8H2,1-3H3. The fourth-order valence-electron chi connectivity index (χ4n) is 2.11. The lowest BCUT2D eigenvalue weighted by molar-refractivity contribution is 0.0223. The van der Waals surface area contributed by atoms with Crippen LogP contribution >= 0.6 is 0 Å². The topological polar surface area (TPSA) is 59.5 Å². The van der Waals surface area contributed by atoms with E-state index in [0.717, 1.165) is 17.4 Å². The maximum Gasteiger partial charge on any atom is 0.410 e. The van der Waals surface area contributed by atoms with Gasteiger partial charge in [0.1, 0.15) is 5.60 Å². The van der Waals surface area contributed by atoms with Crippen molar-refractivity contribution in [3.63, 3.8) is 0 Å². The molecule has 0 aromatic carbocycles. The highest BCUT2D eigenvalue weighted by molar-refractivity contribution is 5.78. The second-order valence-corrected chi connectivity index (χ2v) is 5.64. The summed E-state index contributed by atoms with van der Waals surface area (Å²) in [5.41, 5.74) is 2.02. The number of hydrogen-bond acceptors (Lipinski definition) is 4. The van der Waals surface area contributed by atoms with Crippen molar-refractivity contribution >= 4 is 12.4 Å². The summed E-state index contributed by atoms with van der Waals surface area (Å²) in [5, 5.41) is 0. The summed E-state index contributed by atoms with van der Waals surface area (Å²) >= 11 is 0. The first kappa shape index (κ1) is 13.5. The fourth-order valence-corrected chi connectivity index (χ4v) is 2.11. The van der Waals surface area contributed by atoms with Gasteiger partial charge in [0.2, 0.25) is 0 Å². The highest BCUT2D eigenvalue weighted by Crippen LogP contribution is 2.22. The number of fused-ring (bicyclic) bond motifs is 1. The van der Waals surface area contributed by atoms with Crippen LogP contribution in [-0.2, 0) is 17.7 Å². The normalized spacial score (nSPS) is 14.8. The molecule has 0 saturated carbocycles. The molecule has 5 nitrogen and oxygen atoms in total. The van der Waals surface area contributed by atoms with Crippen LogP contribution in [0.1, 0.15) is 42.3 Å². The molecule has 1 amide bonds. The maximum absolute atomic E-state index is 12.0. The van der Waals surface area contributed by atoms with Crippen molar-refractivity contribution in [3.05, 3.63) is 29.1 Å². The molecule has 0 atom stereocenters. The van der Waals surface area contributed by atoms with Crippen molar-refractivity contribution in [1.29, 1.82) is 0 Å². The molecule has 1 aromatic rings. The fraction of sp³-hybridized carbons (Fsp3) is 0.500. The molecule has 19 heavy (non-hydrogen) atoms. The van der Waals surface area contributed by atoms with E-state index in [0.29, 0.717) is 25.1 Å². The molecule has 1 aliphatic heterocycles. The average molecular weight is 262 g/mol. The lowest BCUT2D eigenvalue weighted by Crippen LogP contribution is -2.40. The minimum absolute atomic E-state index is 0.324. The molecule has 0 N–H and O–H groups in total. The van der Waals surface area contributed by atoms with Crippen molar-refractivity contribution in [2.75, 3.05) is 6.54 Å². The van der Waals surface area contributed by atoms with Crippen molar-refractivity contribution in [1.82, 2.24) is 9.88 Å². The van der Waals surface area contributed by atoms with E-state index in [-0.39, 0.29) is 6.09 Å². The summed E-state index contributed by atoms with van der Waals surface area (Å²) in [5.74, 6) is 0. The Balaban J connectivity index is 2.15. The third-order valence-electron chi connectivity index (χ3n) is 2.95. The summed E-state index contributed by atoms with van der Waals surface area (Å²) in [6.07, 6.45) is 4.42. The highest BCUT2D eigenvalue weighted by Gasteiger charge is 2.26. The molecule has 0 radical (unpaired) electrons. The van der Waals surface area contributed by atoms with Gasteiger partial charge in [-0.1, -0.05) is 0 Å². The summed E-state index contributed by atoms with van der Waals surface area (Å²) in [4.78, 5) is 28.6. The maximum atomic E-state index is 12.0. The van der Waals surface area contributed by atoms with Gasteiger partial charge in [0.05, 0.1) is 6.54 Å². The predicted molar refractivity (Wildman–Crippen MR) is 70.0 cm³/mol. The third kappa shape index (κ3) is 3.10. The summed E-state index contributed by atoms with van der Waals surface area (Å²) < 4.78 is 5.35. The zero-order chi connectivity index (χ0) is 14.0. The van der Waals surface area contributed by atoms with Crippen molar-refractivity contribution < 1.29 is 14.3 Å². The second-order valence-electron chi connectivity index (χ2n) is 5.64. The van der Waals surface area contributed by atoms with Crippen LogP contribution in [0.15, 0.2) is 12.4 Å². The Hall–Kier alpha value is -1.91. The monoisotopic (exact) mass is 262 g/mol. The van der Waals surface area contributed by atoms with Crippen LogP contribution in [0, 0.1) is 0 Å². The van der Waals surface area contributed by atoms with Gasteiger partial charge in [0.25, 0.3) is 0 Å². The SMILES string of the molecule is CC(C)(C)OC(=O)N1CCc2c(C=O)cncc2C1. The number of nitrogens with zero attached hydrogens (tertiary/aromatic N) is 2. The molecular weight excluding hydrogens is 244 g/mol. The van der Waals surface area contributed by atoms with E-state index in [9.17, 15) is 9.59 Å². The number of aldehydes is 1. The second kappa shape index (κ2) is 4.99. The van der Waals surface area contributed by atoms with Crippen LogP contribution in [0.25, 0.3) is 0 Å². The molecule has 0 unspecified atom stereocenters. The van der Waals surface area contributed by atoms with E-state index < -0.39 is 5.60 Å². The number of aromatic nitrogens is 1. The number of ether oxygens (including phenoxy) is 1. The Labute approximate surface area is 112 Å². The molecule has 0 fully saturated rings. The van der Waals surface area contributed by atoms with E-state index in [1.54, 1.807) is 17.3 Å². The van der Waals surface area contributed by atoms with E-state index in [4.69, 9.17) is 4.74 Å². The van der Waals surface area contributed by atoms with Crippen LogP contribution in [0.2, 0.25) is 0 Å². The number of carbonyl (C=O) groups excluding carboxylic acids is 2. The van der Waals surface area contributed by atoms with Crippen molar-refractivity contribution in [2.24, 2.45) is 0 Å². The number of amides is 1. The van der Waals surface area contributed by atoms with Crippen LogP contribution in [0.4, 0.5) is 4.79 Å². The van der Waals surface area contributed by atoms with Gasteiger partial charge in [-0.25, -0.2) is 4.79 Å². The average Bonchev–Trinajstić information content (AvgIpc) is 2.35. The third-order valence-corrected chi connectivity index (χ3v) is 2.95. The van der Waals surface area contributed by atoms with Gasteiger partial charge < -0.3 is 9.64 Å². The van der Waals surface area contributed by atoms with Crippen LogP contribution in [0.5, 0.6) is 0 Å². The number of hydrogen-bond donors (Lipinski definition) is 0. The molecule has 1 aromatic heterocycles. The van der Waals surface area contributed by atoms with E-state index in [1.165, 1.54) is 0 Å². The quantitative estimate of drug-likeness (QED) is 0.728. The van der Waals surface area contributed by atoms with Gasteiger partial charge in [-0.05, 0) is 38.3 Å². The molecule has 0 saturated heterocycles. The van der Waals surface area contributed by atoms with E-state index in [1.807, 2.05) is 20.8 Å². The van der Waals surface area contributed by atoms with Gasteiger partial charge in [-0.3, -0.25) is 9.78 Å². The molecule has 1 aliphatic rings. The molecule has 2 heterocycles. The minimum Gasteiger partial charge on any atom is -0.444 e. The Kier molecular flexibility index (Phi) is 3.55. The summed E-state index contributed by atoms with van der Waals surface area (Å²) in [6, 6.07) is 0. The first-order valence-electron chi connectivity index (χ1n) is 6.29. The molecule has 102 valence electrons. The smallest absolute Gasteiger partial charge is 0.410 e.